The van der Waals surface area contributed by atoms with Gasteiger partial charge in [-0.25, -0.2) is 4.39 Å². The molecule has 2 aromatic heterocycles. The first-order valence-electron chi connectivity index (χ1n) is 9.01. The number of rotatable bonds is 7. The molecule has 2 heterocycles. The van der Waals surface area contributed by atoms with Crippen LogP contribution < -0.4 is 5.32 Å². The highest BCUT2D eigenvalue weighted by Crippen LogP contribution is 2.22. The number of aromatic nitrogens is 4. The van der Waals surface area contributed by atoms with Gasteiger partial charge in [0.25, 0.3) is 0 Å². The highest BCUT2D eigenvalue weighted by atomic mass is 19.1. The smallest absolute Gasteiger partial charge is 0.306 e. The molecule has 9 nitrogen and oxygen atoms in total. The zero-order valence-electron chi connectivity index (χ0n) is 16.3. The Balaban J connectivity index is 1.70. The molecule has 0 spiro atoms. The molecule has 0 radical (unpaired) electrons. The lowest BCUT2D eigenvalue weighted by Crippen LogP contribution is -2.25. The lowest BCUT2D eigenvalue weighted by Gasteiger charge is -2.13. The van der Waals surface area contributed by atoms with Gasteiger partial charge in [-0.1, -0.05) is 25.1 Å². The first-order chi connectivity index (χ1) is 13.8. The molecule has 152 valence electrons. The minimum Gasteiger partial charge on any atom is -0.323 e. The summed E-state index contributed by atoms with van der Waals surface area (Å²) in [6.45, 7) is 5.72. The predicted molar refractivity (Wildman–Crippen MR) is 104 cm³/mol. The molecule has 1 atom stereocenters. The largest absolute Gasteiger partial charge is 0.323 e. The third-order valence-corrected chi connectivity index (χ3v) is 4.65. The van der Waals surface area contributed by atoms with E-state index >= 15 is 0 Å². The molecule has 0 fully saturated rings. The van der Waals surface area contributed by atoms with Gasteiger partial charge < -0.3 is 5.32 Å². The van der Waals surface area contributed by atoms with Crippen LogP contribution in [0.25, 0.3) is 0 Å². The molecule has 0 saturated carbocycles. The summed E-state index contributed by atoms with van der Waals surface area (Å²) in [5, 5.41) is 21.9. The van der Waals surface area contributed by atoms with Crippen LogP contribution in [0.2, 0.25) is 0 Å². The highest BCUT2D eigenvalue weighted by molar-refractivity contribution is 5.93. The molecular formula is C19H21FN6O3. The average molecular weight is 400 g/mol. The third-order valence-electron chi connectivity index (χ3n) is 4.65. The highest BCUT2D eigenvalue weighted by Gasteiger charge is 2.20. The number of carbonyl (C=O) groups excluding carboxylic acids is 1. The Morgan fingerprint density at radius 1 is 1.34 bits per heavy atom. The zero-order valence-corrected chi connectivity index (χ0v) is 16.3. The molecule has 29 heavy (non-hydrogen) atoms. The van der Waals surface area contributed by atoms with Gasteiger partial charge in [-0.15, -0.1) is 0 Å². The van der Waals surface area contributed by atoms with Gasteiger partial charge in [-0.3, -0.25) is 24.3 Å². The number of carbonyl (C=O) groups is 1. The maximum atomic E-state index is 13.9. The standard InChI is InChI=1S/C19H21FN6O3/c1-12(9-24-11-16(8-21-24)26(28)29)19(27)22-18-13(2)23-25(14(18)3)10-15-6-4-5-7-17(15)20/h4-8,11-12H,9-10H2,1-3H3,(H,22,27). The summed E-state index contributed by atoms with van der Waals surface area (Å²) in [6, 6.07) is 6.47. The Morgan fingerprint density at radius 2 is 2.07 bits per heavy atom. The molecule has 1 N–H and O–H groups in total. The van der Waals surface area contributed by atoms with Crippen molar-refractivity contribution in [3.63, 3.8) is 0 Å². The van der Waals surface area contributed by atoms with E-state index in [4.69, 9.17) is 0 Å². The van der Waals surface area contributed by atoms with Gasteiger partial charge in [0.2, 0.25) is 5.91 Å². The monoisotopic (exact) mass is 400 g/mol. The van der Waals surface area contributed by atoms with Crippen molar-refractivity contribution >= 4 is 17.3 Å². The van der Waals surface area contributed by atoms with E-state index in [0.29, 0.717) is 22.6 Å². The van der Waals surface area contributed by atoms with Gasteiger partial charge in [-0.05, 0) is 19.9 Å². The van der Waals surface area contributed by atoms with E-state index < -0.39 is 10.8 Å². The summed E-state index contributed by atoms with van der Waals surface area (Å²) < 4.78 is 16.9. The minimum absolute atomic E-state index is 0.126. The number of hydrogen-bond donors (Lipinski definition) is 1. The zero-order chi connectivity index (χ0) is 21.1. The molecule has 3 aromatic rings. The van der Waals surface area contributed by atoms with Gasteiger partial charge in [0.05, 0.1) is 41.0 Å². The van der Waals surface area contributed by atoms with Gasteiger partial charge in [0.1, 0.15) is 18.2 Å². The first kappa shape index (κ1) is 20.2. The second-order valence-electron chi connectivity index (χ2n) is 6.86. The number of anilines is 1. The van der Waals surface area contributed by atoms with Gasteiger partial charge >= 0.3 is 5.69 Å². The minimum atomic E-state index is -0.537. The van der Waals surface area contributed by atoms with Crippen LogP contribution in [0.15, 0.2) is 36.7 Å². The van der Waals surface area contributed by atoms with Gasteiger partial charge in [-0.2, -0.15) is 10.2 Å². The van der Waals surface area contributed by atoms with Crippen LogP contribution in [0, 0.1) is 35.7 Å². The molecule has 3 rings (SSSR count). The average Bonchev–Trinajstić information content (AvgIpc) is 3.24. The summed E-state index contributed by atoms with van der Waals surface area (Å²) in [4.78, 5) is 22.8. The van der Waals surface area contributed by atoms with E-state index in [2.05, 4.69) is 15.5 Å². The van der Waals surface area contributed by atoms with Crippen LogP contribution in [0.3, 0.4) is 0 Å². The Hall–Kier alpha value is -3.56. The van der Waals surface area contributed by atoms with Crippen LogP contribution in [-0.2, 0) is 17.9 Å². The summed E-state index contributed by atoms with van der Waals surface area (Å²) >= 11 is 0. The van der Waals surface area contributed by atoms with E-state index in [0.717, 1.165) is 6.20 Å². The number of nitrogens with zero attached hydrogens (tertiary/aromatic N) is 5. The topological polar surface area (TPSA) is 108 Å². The van der Waals surface area contributed by atoms with Crippen molar-refractivity contribution in [2.75, 3.05) is 5.32 Å². The van der Waals surface area contributed by atoms with Crippen LogP contribution in [0.4, 0.5) is 15.8 Å². The molecule has 0 aliphatic heterocycles. The predicted octanol–water partition coefficient (Wildman–Crippen LogP) is 3.07. The summed E-state index contributed by atoms with van der Waals surface area (Å²) in [6.07, 6.45) is 2.43. The lowest BCUT2D eigenvalue weighted by molar-refractivity contribution is -0.385. The van der Waals surface area contributed by atoms with Crippen LogP contribution in [-0.4, -0.2) is 30.4 Å². The Morgan fingerprint density at radius 3 is 2.72 bits per heavy atom. The molecule has 1 aromatic carbocycles. The first-order valence-corrected chi connectivity index (χ1v) is 9.01. The quantitative estimate of drug-likeness (QED) is 0.484. The number of halogens is 1. The molecule has 0 saturated heterocycles. The Labute approximate surface area is 166 Å². The number of nitrogens with one attached hydrogen (secondary N) is 1. The van der Waals surface area contributed by atoms with Crippen LogP contribution in [0.5, 0.6) is 0 Å². The Kier molecular flexibility index (Phi) is 5.71. The van der Waals surface area contributed by atoms with Crippen LogP contribution >= 0.6 is 0 Å². The fourth-order valence-corrected chi connectivity index (χ4v) is 2.98. The maximum Gasteiger partial charge on any atom is 0.306 e. The van der Waals surface area contributed by atoms with Crippen molar-refractivity contribution in [1.29, 1.82) is 0 Å². The molecule has 0 aliphatic rings. The second-order valence-corrected chi connectivity index (χ2v) is 6.86. The van der Waals surface area contributed by atoms with E-state index in [1.54, 1.807) is 43.7 Å². The summed E-state index contributed by atoms with van der Waals surface area (Å²) in [5.74, 6) is -1.06. The second kappa shape index (κ2) is 8.21. The molecule has 1 unspecified atom stereocenters. The number of hydrogen-bond acceptors (Lipinski definition) is 5. The van der Waals surface area contributed by atoms with Crippen molar-refractivity contribution in [3.8, 4) is 0 Å². The number of aryl methyl sites for hydroxylation is 1. The Bertz CT molecular complexity index is 1060. The van der Waals surface area contributed by atoms with Crippen molar-refractivity contribution in [3.05, 3.63) is 69.5 Å². The van der Waals surface area contributed by atoms with Gasteiger partial charge in [0.15, 0.2) is 0 Å². The van der Waals surface area contributed by atoms with Gasteiger partial charge in [0, 0.05) is 5.56 Å². The lowest BCUT2D eigenvalue weighted by atomic mass is 10.1. The number of benzene rings is 1. The molecule has 0 aliphatic carbocycles. The van der Waals surface area contributed by atoms with E-state index in [-0.39, 0.29) is 30.5 Å². The molecular weight excluding hydrogens is 379 g/mol. The molecule has 10 heteroatoms. The van der Waals surface area contributed by atoms with Crippen molar-refractivity contribution in [1.82, 2.24) is 19.6 Å². The fourth-order valence-electron chi connectivity index (χ4n) is 2.98. The van der Waals surface area contributed by atoms with E-state index in [1.165, 1.54) is 16.9 Å². The molecule has 1 amide bonds. The summed E-state index contributed by atoms with van der Waals surface area (Å²) in [7, 11) is 0. The SMILES string of the molecule is Cc1nn(Cc2ccccc2F)c(C)c1NC(=O)C(C)Cn1cc([N+](=O)[O-])cn1. The third kappa shape index (κ3) is 4.48. The fraction of sp³-hybridized carbons (Fsp3) is 0.316. The summed E-state index contributed by atoms with van der Waals surface area (Å²) in [5.41, 5.74) is 2.28. The maximum absolute atomic E-state index is 13.9. The van der Waals surface area contributed by atoms with Crippen molar-refractivity contribution < 1.29 is 14.1 Å². The van der Waals surface area contributed by atoms with Crippen molar-refractivity contribution in [2.24, 2.45) is 5.92 Å². The number of nitro groups is 1. The normalized spacial score (nSPS) is 12.0. The van der Waals surface area contributed by atoms with E-state index in [9.17, 15) is 19.3 Å². The van der Waals surface area contributed by atoms with Crippen LogP contribution in [0.1, 0.15) is 23.9 Å². The van der Waals surface area contributed by atoms with Crippen molar-refractivity contribution in [2.45, 2.75) is 33.9 Å². The number of amides is 1. The molecule has 0 bridgehead atoms. The van der Waals surface area contributed by atoms with E-state index in [1.807, 2.05) is 0 Å².